The van der Waals surface area contributed by atoms with E-state index in [1.807, 2.05) is 13.1 Å². The SMILES string of the molecule is CNC(Cc1ccc2c(c1)CCC2)c1ccoc1Cl. The van der Waals surface area contributed by atoms with Gasteiger partial charge in [-0.2, -0.15) is 0 Å². The first kappa shape index (κ1) is 12.8. The standard InChI is InChI=1S/C16H18ClNO/c1-18-15(14-7-8-19-16(14)17)10-11-5-6-12-3-2-4-13(12)9-11/h5-9,15,18H,2-4,10H2,1H3. The van der Waals surface area contributed by atoms with Crippen LogP contribution in [0.3, 0.4) is 0 Å². The first-order chi connectivity index (χ1) is 9.28. The van der Waals surface area contributed by atoms with Gasteiger partial charge in [-0.3, -0.25) is 0 Å². The van der Waals surface area contributed by atoms with E-state index in [0.29, 0.717) is 5.22 Å². The Labute approximate surface area is 118 Å². The maximum atomic E-state index is 6.07. The van der Waals surface area contributed by atoms with E-state index in [4.69, 9.17) is 16.0 Å². The van der Waals surface area contributed by atoms with Crippen molar-refractivity contribution in [3.05, 3.63) is 58.0 Å². The van der Waals surface area contributed by atoms with Gasteiger partial charge in [0.05, 0.1) is 6.26 Å². The lowest BCUT2D eigenvalue weighted by Crippen LogP contribution is -2.18. The molecule has 1 aromatic heterocycles. The van der Waals surface area contributed by atoms with Crippen molar-refractivity contribution in [2.24, 2.45) is 0 Å². The quantitative estimate of drug-likeness (QED) is 0.915. The van der Waals surface area contributed by atoms with Gasteiger partial charge >= 0.3 is 0 Å². The van der Waals surface area contributed by atoms with Crippen LogP contribution in [0, 0.1) is 0 Å². The molecule has 1 N–H and O–H groups in total. The molecule has 0 saturated carbocycles. The Morgan fingerprint density at radius 3 is 2.84 bits per heavy atom. The minimum atomic E-state index is 0.200. The van der Waals surface area contributed by atoms with Crippen LogP contribution in [0.25, 0.3) is 0 Å². The fraction of sp³-hybridized carbons (Fsp3) is 0.375. The minimum absolute atomic E-state index is 0.200. The normalized spacial score (nSPS) is 15.5. The predicted molar refractivity (Wildman–Crippen MR) is 77.7 cm³/mol. The van der Waals surface area contributed by atoms with Crippen molar-refractivity contribution in [3.63, 3.8) is 0 Å². The number of fused-ring (bicyclic) bond motifs is 1. The predicted octanol–water partition coefficient (Wildman–Crippen LogP) is 3.92. The Balaban J connectivity index is 1.81. The molecule has 2 aromatic rings. The molecule has 1 aliphatic carbocycles. The number of halogens is 1. The molecule has 3 heteroatoms. The summed E-state index contributed by atoms with van der Waals surface area (Å²) < 4.78 is 5.18. The Morgan fingerprint density at radius 2 is 2.11 bits per heavy atom. The molecular formula is C16H18ClNO. The fourth-order valence-electron chi connectivity index (χ4n) is 2.91. The Hall–Kier alpha value is -1.25. The van der Waals surface area contributed by atoms with Gasteiger partial charge in [0.15, 0.2) is 5.22 Å². The van der Waals surface area contributed by atoms with Crippen molar-refractivity contribution in [2.45, 2.75) is 31.7 Å². The summed E-state index contributed by atoms with van der Waals surface area (Å²) in [7, 11) is 1.96. The highest BCUT2D eigenvalue weighted by molar-refractivity contribution is 6.29. The van der Waals surface area contributed by atoms with Crippen LogP contribution in [0.4, 0.5) is 0 Å². The van der Waals surface area contributed by atoms with E-state index in [1.165, 1.54) is 36.0 Å². The second-order valence-corrected chi connectivity index (χ2v) is 5.49. The number of hydrogen-bond acceptors (Lipinski definition) is 2. The zero-order chi connectivity index (χ0) is 13.2. The number of benzene rings is 1. The van der Waals surface area contributed by atoms with Crippen LogP contribution in [-0.2, 0) is 19.3 Å². The van der Waals surface area contributed by atoms with Gasteiger partial charge in [0.25, 0.3) is 0 Å². The molecule has 100 valence electrons. The molecule has 19 heavy (non-hydrogen) atoms. The summed E-state index contributed by atoms with van der Waals surface area (Å²) in [5, 5.41) is 3.80. The summed E-state index contributed by atoms with van der Waals surface area (Å²) in [5.41, 5.74) is 5.43. The average Bonchev–Trinajstić information content (AvgIpc) is 3.04. The topological polar surface area (TPSA) is 25.2 Å². The Bertz CT molecular complexity index is 576. The van der Waals surface area contributed by atoms with Gasteiger partial charge in [-0.25, -0.2) is 0 Å². The summed E-state index contributed by atoms with van der Waals surface area (Å²) >= 11 is 6.07. The van der Waals surface area contributed by atoms with Crippen molar-refractivity contribution < 1.29 is 4.42 Å². The fourth-order valence-corrected chi connectivity index (χ4v) is 3.16. The number of nitrogens with one attached hydrogen (secondary N) is 1. The number of furan rings is 1. The molecule has 0 amide bonds. The Morgan fingerprint density at radius 1 is 1.26 bits per heavy atom. The molecule has 3 rings (SSSR count). The summed E-state index contributed by atoms with van der Waals surface area (Å²) in [5.74, 6) is 0. The summed E-state index contributed by atoms with van der Waals surface area (Å²) in [6, 6.07) is 9.01. The Kier molecular flexibility index (Phi) is 3.63. The third kappa shape index (κ3) is 2.56. The van der Waals surface area contributed by atoms with Crippen LogP contribution in [-0.4, -0.2) is 7.05 Å². The van der Waals surface area contributed by atoms with Crippen LogP contribution in [0.15, 0.2) is 34.9 Å². The van der Waals surface area contributed by atoms with E-state index in [1.54, 1.807) is 6.26 Å². The van der Waals surface area contributed by atoms with Crippen LogP contribution < -0.4 is 5.32 Å². The molecule has 0 bridgehead atoms. The van der Waals surface area contributed by atoms with Crippen molar-refractivity contribution in [1.29, 1.82) is 0 Å². The lowest BCUT2D eigenvalue weighted by Gasteiger charge is -2.16. The smallest absolute Gasteiger partial charge is 0.197 e. The molecule has 0 saturated heterocycles. The molecule has 1 aromatic carbocycles. The molecule has 0 aliphatic heterocycles. The van der Waals surface area contributed by atoms with Gasteiger partial charge in [-0.1, -0.05) is 18.2 Å². The van der Waals surface area contributed by atoms with Crippen LogP contribution in [0.1, 0.15) is 34.7 Å². The maximum Gasteiger partial charge on any atom is 0.197 e. The zero-order valence-corrected chi connectivity index (χ0v) is 11.8. The van der Waals surface area contributed by atoms with E-state index in [9.17, 15) is 0 Å². The highest BCUT2D eigenvalue weighted by Crippen LogP contribution is 2.28. The van der Waals surface area contributed by atoms with Gasteiger partial charge in [-0.05, 0) is 67.1 Å². The molecule has 0 radical (unpaired) electrons. The minimum Gasteiger partial charge on any atom is -0.453 e. The zero-order valence-electron chi connectivity index (χ0n) is 11.1. The second-order valence-electron chi connectivity index (χ2n) is 5.15. The third-order valence-corrected chi connectivity index (χ3v) is 4.28. The highest BCUT2D eigenvalue weighted by atomic mass is 35.5. The van der Waals surface area contributed by atoms with Crippen molar-refractivity contribution in [1.82, 2.24) is 5.32 Å². The monoisotopic (exact) mass is 275 g/mol. The molecule has 2 nitrogen and oxygen atoms in total. The second kappa shape index (κ2) is 5.40. The van der Waals surface area contributed by atoms with E-state index in [0.717, 1.165) is 12.0 Å². The highest BCUT2D eigenvalue weighted by Gasteiger charge is 2.17. The van der Waals surface area contributed by atoms with Crippen molar-refractivity contribution in [2.75, 3.05) is 7.05 Å². The van der Waals surface area contributed by atoms with Crippen LogP contribution >= 0.6 is 11.6 Å². The van der Waals surface area contributed by atoms with Crippen LogP contribution in [0.5, 0.6) is 0 Å². The largest absolute Gasteiger partial charge is 0.453 e. The van der Waals surface area contributed by atoms with Crippen molar-refractivity contribution in [3.8, 4) is 0 Å². The summed E-state index contributed by atoms with van der Waals surface area (Å²) in [6.07, 6.45) is 6.33. The van der Waals surface area contributed by atoms with E-state index < -0.39 is 0 Å². The molecular weight excluding hydrogens is 258 g/mol. The molecule has 0 fully saturated rings. The average molecular weight is 276 g/mol. The van der Waals surface area contributed by atoms with Gasteiger partial charge in [-0.15, -0.1) is 0 Å². The van der Waals surface area contributed by atoms with Crippen LogP contribution in [0.2, 0.25) is 5.22 Å². The molecule has 1 aliphatic rings. The van der Waals surface area contributed by atoms with Gasteiger partial charge in [0.2, 0.25) is 0 Å². The first-order valence-electron chi connectivity index (χ1n) is 6.79. The number of likely N-dealkylation sites (N-methyl/N-ethyl adjacent to an activating group) is 1. The van der Waals surface area contributed by atoms with Gasteiger partial charge in [0, 0.05) is 11.6 Å². The third-order valence-electron chi connectivity index (χ3n) is 3.97. The summed E-state index contributed by atoms with van der Waals surface area (Å²) in [6.45, 7) is 0. The van der Waals surface area contributed by atoms with E-state index in [2.05, 4.69) is 23.5 Å². The number of hydrogen-bond donors (Lipinski definition) is 1. The molecule has 0 spiro atoms. The van der Waals surface area contributed by atoms with Gasteiger partial charge < -0.3 is 9.73 Å². The van der Waals surface area contributed by atoms with E-state index >= 15 is 0 Å². The number of rotatable bonds is 4. The maximum absolute atomic E-state index is 6.07. The molecule has 1 atom stereocenters. The van der Waals surface area contributed by atoms with E-state index in [-0.39, 0.29) is 6.04 Å². The van der Waals surface area contributed by atoms with Gasteiger partial charge in [0.1, 0.15) is 0 Å². The summed E-state index contributed by atoms with van der Waals surface area (Å²) in [4.78, 5) is 0. The first-order valence-corrected chi connectivity index (χ1v) is 7.16. The lowest BCUT2D eigenvalue weighted by molar-refractivity contribution is 0.544. The molecule has 1 unspecified atom stereocenters. The number of aryl methyl sites for hydroxylation is 2. The molecule has 1 heterocycles. The lowest BCUT2D eigenvalue weighted by atomic mass is 9.98. The van der Waals surface area contributed by atoms with Crippen molar-refractivity contribution >= 4 is 11.6 Å².